The lowest BCUT2D eigenvalue weighted by atomic mass is 10.1. The molecule has 0 bridgehead atoms. The van der Waals surface area contributed by atoms with Crippen molar-refractivity contribution in [2.24, 2.45) is 0 Å². The van der Waals surface area contributed by atoms with Gasteiger partial charge >= 0.3 is 5.97 Å². The minimum absolute atomic E-state index is 0.0947. The first kappa shape index (κ1) is 16.5. The van der Waals surface area contributed by atoms with E-state index in [9.17, 15) is 9.59 Å². The molecular weight excluding hydrogens is 296 g/mol. The Kier molecular flexibility index (Phi) is 5.30. The molecule has 0 radical (unpaired) electrons. The van der Waals surface area contributed by atoms with E-state index >= 15 is 0 Å². The number of nitrogens with one attached hydrogen (secondary N) is 1. The lowest BCUT2D eigenvalue weighted by Crippen LogP contribution is -2.27. The van der Waals surface area contributed by atoms with Crippen molar-refractivity contribution in [3.8, 4) is 5.75 Å². The molecule has 23 heavy (non-hydrogen) atoms. The number of nitrogens with zero attached hydrogens (tertiary/aromatic N) is 1. The molecule has 2 rings (SSSR count). The second kappa shape index (κ2) is 7.40. The van der Waals surface area contributed by atoms with Crippen LogP contribution in [0.4, 0.5) is 0 Å². The maximum absolute atomic E-state index is 12.3. The number of hydrogen-bond acceptors (Lipinski definition) is 5. The lowest BCUT2D eigenvalue weighted by molar-refractivity contribution is 0.0594. The van der Waals surface area contributed by atoms with Gasteiger partial charge in [-0.05, 0) is 36.8 Å². The van der Waals surface area contributed by atoms with Gasteiger partial charge in [0.15, 0.2) is 0 Å². The minimum atomic E-state index is -0.581. The Hall–Kier alpha value is -2.89. The van der Waals surface area contributed by atoms with Gasteiger partial charge in [0.25, 0.3) is 5.91 Å². The minimum Gasteiger partial charge on any atom is -0.497 e. The van der Waals surface area contributed by atoms with E-state index in [0.29, 0.717) is 0 Å². The van der Waals surface area contributed by atoms with E-state index in [1.165, 1.54) is 13.2 Å². The molecule has 0 saturated carbocycles. The number of hydrogen-bond donors (Lipinski definition) is 1. The van der Waals surface area contributed by atoms with E-state index in [1.807, 2.05) is 31.2 Å². The van der Waals surface area contributed by atoms with E-state index < -0.39 is 5.97 Å². The highest BCUT2D eigenvalue weighted by atomic mass is 16.5. The van der Waals surface area contributed by atoms with Crippen LogP contribution in [0.2, 0.25) is 0 Å². The normalized spacial score (nSPS) is 11.4. The van der Waals surface area contributed by atoms with Crippen LogP contribution in [0.25, 0.3) is 0 Å². The summed E-state index contributed by atoms with van der Waals surface area (Å²) in [4.78, 5) is 27.7. The number of amides is 1. The fraction of sp³-hybridized carbons (Fsp3) is 0.235. The SMILES string of the molecule is COC(=O)c1cccc(C(=O)NC(C)c2ccc(OC)cc2)n1. The van der Waals surface area contributed by atoms with Crippen molar-refractivity contribution < 1.29 is 19.1 Å². The molecule has 0 aliphatic carbocycles. The van der Waals surface area contributed by atoms with Crippen LogP contribution in [0, 0.1) is 0 Å². The number of methoxy groups -OCH3 is 2. The van der Waals surface area contributed by atoms with Crippen molar-refractivity contribution in [1.29, 1.82) is 0 Å². The van der Waals surface area contributed by atoms with Gasteiger partial charge in [-0.1, -0.05) is 18.2 Å². The average molecular weight is 314 g/mol. The summed E-state index contributed by atoms with van der Waals surface area (Å²) in [5.74, 6) is -0.193. The Morgan fingerprint density at radius 3 is 2.30 bits per heavy atom. The molecule has 1 unspecified atom stereocenters. The Bertz CT molecular complexity index is 698. The maximum atomic E-state index is 12.3. The van der Waals surface area contributed by atoms with Crippen LogP contribution in [0.5, 0.6) is 5.75 Å². The third-order valence-electron chi connectivity index (χ3n) is 3.34. The van der Waals surface area contributed by atoms with Crippen LogP contribution in [0.1, 0.15) is 39.5 Å². The van der Waals surface area contributed by atoms with Crippen LogP contribution >= 0.6 is 0 Å². The molecule has 2 aromatic rings. The molecule has 1 heterocycles. The summed E-state index contributed by atoms with van der Waals surface area (Å²) < 4.78 is 9.70. The number of ether oxygens (including phenoxy) is 2. The number of pyridine rings is 1. The fourth-order valence-electron chi connectivity index (χ4n) is 2.03. The largest absolute Gasteiger partial charge is 0.497 e. The van der Waals surface area contributed by atoms with Gasteiger partial charge in [-0.2, -0.15) is 0 Å². The zero-order chi connectivity index (χ0) is 16.8. The Balaban J connectivity index is 2.10. The molecule has 0 fully saturated rings. The molecule has 0 spiro atoms. The molecule has 6 heteroatoms. The van der Waals surface area contributed by atoms with Crippen molar-refractivity contribution in [2.45, 2.75) is 13.0 Å². The molecule has 1 amide bonds. The van der Waals surface area contributed by atoms with Crippen molar-refractivity contribution in [3.05, 3.63) is 59.4 Å². The number of rotatable bonds is 5. The molecule has 1 N–H and O–H groups in total. The Morgan fingerprint density at radius 1 is 1.04 bits per heavy atom. The first-order chi connectivity index (χ1) is 11.0. The number of carbonyl (C=O) groups is 2. The van der Waals surface area contributed by atoms with E-state index in [2.05, 4.69) is 15.0 Å². The number of benzene rings is 1. The predicted molar refractivity (Wildman–Crippen MR) is 84.5 cm³/mol. The molecule has 0 aliphatic heterocycles. The molecular formula is C17H18N2O4. The van der Waals surface area contributed by atoms with Gasteiger partial charge in [-0.25, -0.2) is 9.78 Å². The summed E-state index contributed by atoms with van der Waals surface area (Å²) in [6.07, 6.45) is 0. The molecule has 1 aromatic carbocycles. The zero-order valence-corrected chi connectivity index (χ0v) is 13.2. The van der Waals surface area contributed by atoms with Gasteiger partial charge in [0, 0.05) is 0 Å². The standard InChI is InChI=1S/C17H18N2O4/c1-11(12-7-9-13(22-2)10-8-12)18-16(20)14-5-4-6-15(19-14)17(21)23-3/h4-11H,1-3H3,(H,18,20). The van der Waals surface area contributed by atoms with Gasteiger partial charge in [0.2, 0.25) is 0 Å². The highest BCUT2D eigenvalue weighted by molar-refractivity contribution is 5.94. The molecule has 0 saturated heterocycles. The summed E-state index contributed by atoms with van der Waals surface area (Å²) in [6, 6.07) is 11.8. The van der Waals surface area contributed by atoms with Crippen LogP contribution in [-0.2, 0) is 4.74 Å². The molecule has 6 nitrogen and oxygen atoms in total. The summed E-state index contributed by atoms with van der Waals surface area (Å²) in [7, 11) is 2.86. The quantitative estimate of drug-likeness (QED) is 0.857. The Labute approximate surface area is 134 Å². The molecule has 120 valence electrons. The first-order valence-corrected chi connectivity index (χ1v) is 7.05. The second-order valence-electron chi connectivity index (χ2n) is 4.87. The summed E-state index contributed by atoms with van der Waals surface area (Å²) in [6.45, 7) is 1.86. The molecule has 1 atom stereocenters. The molecule has 1 aromatic heterocycles. The van der Waals surface area contributed by atoms with Crippen LogP contribution < -0.4 is 10.1 Å². The average Bonchev–Trinajstić information content (AvgIpc) is 2.61. The van der Waals surface area contributed by atoms with Crippen LogP contribution in [-0.4, -0.2) is 31.1 Å². The van der Waals surface area contributed by atoms with Crippen molar-refractivity contribution in [3.63, 3.8) is 0 Å². The molecule has 0 aliphatic rings. The Morgan fingerprint density at radius 2 is 1.70 bits per heavy atom. The highest BCUT2D eigenvalue weighted by Gasteiger charge is 2.15. The summed E-state index contributed by atoms with van der Waals surface area (Å²) in [5, 5.41) is 2.84. The predicted octanol–water partition coefficient (Wildman–Crippen LogP) is 2.37. The maximum Gasteiger partial charge on any atom is 0.356 e. The van der Waals surface area contributed by atoms with E-state index in [0.717, 1.165) is 11.3 Å². The zero-order valence-electron chi connectivity index (χ0n) is 13.2. The van der Waals surface area contributed by atoms with Crippen molar-refractivity contribution in [1.82, 2.24) is 10.3 Å². The van der Waals surface area contributed by atoms with Crippen molar-refractivity contribution in [2.75, 3.05) is 14.2 Å². The van der Waals surface area contributed by atoms with Crippen LogP contribution in [0.3, 0.4) is 0 Å². The van der Waals surface area contributed by atoms with Gasteiger partial charge < -0.3 is 14.8 Å². The highest BCUT2D eigenvalue weighted by Crippen LogP contribution is 2.17. The van der Waals surface area contributed by atoms with E-state index in [-0.39, 0.29) is 23.3 Å². The fourth-order valence-corrected chi connectivity index (χ4v) is 2.03. The first-order valence-electron chi connectivity index (χ1n) is 7.05. The van der Waals surface area contributed by atoms with Gasteiger partial charge in [0.1, 0.15) is 17.1 Å². The number of carbonyl (C=O) groups excluding carboxylic acids is 2. The van der Waals surface area contributed by atoms with E-state index in [4.69, 9.17) is 4.74 Å². The number of esters is 1. The third-order valence-corrected chi connectivity index (χ3v) is 3.34. The third kappa shape index (κ3) is 4.06. The lowest BCUT2D eigenvalue weighted by Gasteiger charge is -2.14. The topological polar surface area (TPSA) is 77.5 Å². The summed E-state index contributed by atoms with van der Waals surface area (Å²) >= 11 is 0. The second-order valence-corrected chi connectivity index (χ2v) is 4.87. The monoisotopic (exact) mass is 314 g/mol. The smallest absolute Gasteiger partial charge is 0.356 e. The number of aromatic nitrogens is 1. The van der Waals surface area contributed by atoms with Crippen LogP contribution in [0.15, 0.2) is 42.5 Å². The van der Waals surface area contributed by atoms with Crippen molar-refractivity contribution >= 4 is 11.9 Å². The summed E-state index contributed by atoms with van der Waals surface area (Å²) in [5.41, 5.74) is 1.19. The van der Waals surface area contributed by atoms with Gasteiger partial charge in [-0.15, -0.1) is 0 Å². The van der Waals surface area contributed by atoms with Gasteiger partial charge in [-0.3, -0.25) is 4.79 Å². The van der Waals surface area contributed by atoms with Gasteiger partial charge in [0.05, 0.1) is 20.3 Å². The van der Waals surface area contributed by atoms with E-state index in [1.54, 1.807) is 19.2 Å².